The van der Waals surface area contributed by atoms with Gasteiger partial charge in [-0.1, -0.05) is 37.0 Å². The number of hydrogen-bond acceptors (Lipinski definition) is 1. The van der Waals surface area contributed by atoms with E-state index >= 15 is 0 Å². The number of benzene rings is 1. The van der Waals surface area contributed by atoms with Crippen molar-refractivity contribution in [1.29, 1.82) is 0 Å². The fourth-order valence-electron chi connectivity index (χ4n) is 2.53. The quantitative estimate of drug-likeness (QED) is 0.664. The van der Waals surface area contributed by atoms with E-state index in [1.807, 2.05) is 13.1 Å². The molecule has 0 atom stereocenters. The van der Waals surface area contributed by atoms with Gasteiger partial charge < -0.3 is 0 Å². The summed E-state index contributed by atoms with van der Waals surface area (Å²) in [5.41, 5.74) is 5.33. The molecule has 2 rings (SSSR count). The topological polar surface area (TPSA) is 12.4 Å². The number of aliphatic imine (C=N–C) groups is 1. The molecule has 1 fully saturated rings. The summed E-state index contributed by atoms with van der Waals surface area (Å²) in [5, 5.41) is 0. The lowest BCUT2D eigenvalue weighted by atomic mass is 9.80. The second-order valence-corrected chi connectivity index (χ2v) is 4.98. The van der Waals surface area contributed by atoms with Gasteiger partial charge in [-0.15, -0.1) is 0 Å². The van der Waals surface area contributed by atoms with Crippen molar-refractivity contribution in [3.05, 3.63) is 28.8 Å². The Hall–Kier alpha value is -1.11. The van der Waals surface area contributed by atoms with Gasteiger partial charge in [0.15, 0.2) is 0 Å². The zero-order valence-electron chi connectivity index (χ0n) is 10.6. The lowest BCUT2D eigenvalue weighted by Gasteiger charge is -2.26. The first-order valence-electron chi connectivity index (χ1n) is 6.29. The molecular formula is C15H21N. The summed E-state index contributed by atoms with van der Waals surface area (Å²) in [5.74, 6) is 0.909. The van der Waals surface area contributed by atoms with Gasteiger partial charge in [0.05, 0.1) is 5.69 Å². The molecule has 0 heterocycles. The van der Waals surface area contributed by atoms with Crippen LogP contribution in [0.25, 0.3) is 0 Å². The molecule has 0 spiro atoms. The van der Waals surface area contributed by atoms with Crippen LogP contribution in [0.5, 0.6) is 0 Å². The third-order valence-corrected chi connectivity index (χ3v) is 3.52. The molecule has 0 bridgehead atoms. The molecule has 0 amide bonds. The van der Waals surface area contributed by atoms with Crippen molar-refractivity contribution < 1.29 is 0 Å². The first-order chi connectivity index (χ1) is 7.70. The summed E-state index contributed by atoms with van der Waals surface area (Å²) in [4.78, 5) is 4.53. The molecule has 1 saturated carbocycles. The zero-order chi connectivity index (χ0) is 11.5. The third kappa shape index (κ3) is 2.34. The molecule has 1 aliphatic rings. The highest BCUT2D eigenvalue weighted by molar-refractivity contribution is 5.65. The van der Waals surface area contributed by atoms with Gasteiger partial charge >= 0.3 is 0 Å². The van der Waals surface area contributed by atoms with E-state index in [4.69, 9.17) is 0 Å². The Morgan fingerprint density at radius 3 is 2.62 bits per heavy atom. The van der Waals surface area contributed by atoms with Crippen LogP contribution in [-0.4, -0.2) is 6.21 Å². The van der Waals surface area contributed by atoms with Crippen LogP contribution in [0.4, 0.5) is 5.69 Å². The second-order valence-electron chi connectivity index (χ2n) is 4.98. The largest absolute Gasteiger partial charge is 0.261 e. The zero-order valence-corrected chi connectivity index (χ0v) is 10.6. The molecule has 0 aliphatic heterocycles. The predicted molar refractivity (Wildman–Crippen MR) is 70.8 cm³/mol. The Labute approximate surface area is 98.6 Å². The standard InChI is InChI=1S/C15H21N/c1-4-16-15-12(3)8-11(2)9-14(15)10-13-6-5-7-13/h4,8-9,13H,5-7,10H2,1-3H3/b16-4-. The minimum absolute atomic E-state index is 0.909. The van der Waals surface area contributed by atoms with E-state index in [2.05, 4.69) is 31.0 Å². The van der Waals surface area contributed by atoms with Crippen molar-refractivity contribution in [1.82, 2.24) is 0 Å². The van der Waals surface area contributed by atoms with Crippen LogP contribution in [0.15, 0.2) is 17.1 Å². The van der Waals surface area contributed by atoms with Crippen LogP contribution in [0.1, 0.15) is 42.9 Å². The summed E-state index contributed by atoms with van der Waals surface area (Å²) in [6.07, 6.45) is 7.35. The normalized spacial score (nSPS) is 16.7. The molecule has 1 aromatic rings. The van der Waals surface area contributed by atoms with Gasteiger partial charge in [0.25, 0.3) is 0 Å². The molecule has 1 heteroatoms. The third-order valence-electron chi connectivity index (χ3n) is 3.52. The van der Waals surface area contributed by atoms with E-state index in [9.17, 15) is 0 Å². The van der Waals surface area contributed by atoms with Crippen molar-refractivity contribution in [3.8, 4) is 0 Å². The van der Waals surface area contributed by atoms with Crippen LogP contribution >= 0.6 is 0 Å². The number of rotatable bonds is 3. The highest BCUT2D eigenvalue weighted by atomic mass is 14.7. The van der Waals surface area contributed by atoms with Gasteiger partial charge in [-0.25, -0.2) is 0 Å². The van der Waals surface area contributed by atoms with Gasteiger partial charge in [0.1, 0.15) is 0 Å². The fraction of sp³-hybridized carbons (Fsp3) is 0.533. The Morgan fingerprint density at radius 1 is 1.31 bits per heavy atom. The van der Waals surface area contributed by atoms with Crippen LogP contribution < -0.4 is 0 Å². The molecule has 16 heavy (non-hydrogen) atoms. The van der Waals surface area contributed by atoms with Gasteiger partial charge in [-0.3, -0.25) is 4.99 Å². The molecule has 0 saturated heterocycles. The summed E-state index contributed by atoms with van der Waals surface area (Å²) < 4.78 is 0. The molecule has 0 radical (unpaired) electrons. The van der Waals surface area contributed by atoms with Crippen LogP contribution in [0, 0.1) is 19.8 Å². The van der Waals surface area contributed by atoms with E-state index in [1.54, 1.807) is 0 Å². The molecule has 1 aromatic carbocycles. The van der Waals surface area contributed by atoms with Crippen molar-refractivity contribution in [3.63, 3.8) is 0 Å². The van der Waals surface area contributed by atoms with E-state index < -0.39 is 0 Å². The fourth-order valence-corrected chi connectivity index (χ4v) is 2.53. The SMILES string of the molecule is C/C=N\c1c(C)cc(C)cc1CC1CCC1. The summed E-state index contributed by atoms with van der Waals surface area (Å²) in [6.45, 7) is 6.34. The van der Waals surface area contributed by atoms with E-state index in [0.717, 1.165) is 5.92 Å². The highest BCUT2D eigenvalue weighted by Crippen LogP contribution is 2.34. The number of hydrogen-bond donors (Lipinski definition) is 0. The van der Waals surface area contributed by atoms with Crippen LogP contribution in [0.3, 0.4) is 0 Å². The molecule has 0 N–H and O–H groups in total. The van der Waals surface area contributed by atoms with E-state index in [-0.39, 0.29) is 0 Å². The molecule has 86 valence electrons. The molecule has 1 aliphatic carbocycles. The summed E-state index contributed by atoms with van der Waals surface area (Å²) in [6, 6.07) is 4.54. The van der Waals surface area contributed by atoms with Crippen molar-refractivity contribution in [2.45, 2.75) is 46.5 Å². The van der Waals surface area contributed by atoms with E-state index in [1.165, 1.54) is 48.1 Å². The first kappa shape index (κ1) is 11.4. The van der Waals surface area contributed by atoms with Crippen LogP contribution in [-0.2, 0) is 6.42 Å². The lowest BCUT2D eigenvalue weighted by molar-refractivity contribution is 0.314. The number of aryl methyl sites for hydroxylation is 2. The summed E-state index contributed by atoms with van der Waals surface area (Å²) >= 11 is 0. The Bertz CT molecular complexity index is 400. The van der Waals surface area contributed by atoms with Crippen LogP contribution in [0.2, 0.25) is 0 Å². The van der Waals surface area contributed by atoms with Crippen molar-refractivity contribution in [2.24, 2.45) is 10.9 Å². The molecule has 1 nitrogen and oxygen atoms in total. The average Bonchev–Trinajstić information content (AvgIpc) is 2.16. The maximum Gasteiger partial charge on any atom is 0.0686 e. The first-order valence-corrected chi connectivity index (χ1v) is 6.29. The maximum absolute atomic E-state index is 4.53. The van der Waals surface area contributed by atoms with Gasteiger partial charge in [0.2, 0.25) is 0 Å². The second kappa shape index (κ2) is 4.82. The molecule has 0 unspecified atom stereocenters. The number of nitrogens with zero attached hydrogens (tertiary/aromatic N) is 1. The molecular weight excluding hydrogens is 194 g/mol. The van der Waals surface area contributed by atoms with Gasteiger partial charge in [-0.05, 0) is 44.2 Å². The Kier molecular flexibility index (Phi) is 3.42. The average molecular weight is 215 g/mol. The maximum atomic E-state index is 4.53. The predicted octanol–water partition coefficient (Wildman–Crippen LogP) is 4.37. The monoisotopic (exact) mass is 215 g/mol. The van der Waals surface area contributed by atoms with Gasteiger partial charge in [-0.2, -0.15) is 0 Å². The van der Waals surface area contributed by atoms with Gasteiger partial charge in [0, 0.05) is 6.21 Å². The Morgan fingerprint density at radius 2 is 2.06 bits per heavy atom. The smallest absolute Gasteiger partial charge is 0.0686 e. The highest BCUT2D eigenvalue weighted by Gasteiger charge is 2.19. The lowest BCUT2D eigenvalue weighted by Crippen LogP contribution is -2.14. The van der Waals surface area contributed by atoms with E-state index in [0.29, 0.717) is 0 Å². The summed E-state index contributed by atoms with van der Waals surface area (Å²) in [7, 11) is 0. The minimum Gasteiger partial charge on any atom is -0.261 e. The molecule has 0 aromatic heterocycles. The van der Waals surface area contributed by atoms with Crippen molar-refractivity contribution in [2.75, 3.05) is 0 Å². The minimum atomic E-state index is 0.909. The Balaban J connectivity index is 2.31. The van der Waals surface area contributed by atoms with Crippen molar-refractivity contribution >= 4 is 11.9 Å².